The summed E-state index contributed by atoms with van der Waals surface area (Å²) in [5.74, 6) is 3.01. The van der Waals surface area contributed by atoms with Crippen molar-refractivity contribution in [1.29, 1.82) is 0 Å². The first-order valence-corrected chi connectivity index (χ1v) is 38.6. The largest absolute Gasteiger partial charge is 1.00 e. The van der Waals surface area contributed by atoms with Crippen LogP contribution in [0.25, 0.3) is 0 Å². The molecule has 30 heteroatoms. The first-order valence-electron chi connectivity index (χ1n) is 35.1. The van der Waals surface area contributed by atoms with Crippen molar-refractivity contribution in [1.82, 2.24) is 0 Å². The van der Waals surface area contributed by atoms with Gasteiger partial charge in [-0.3, -0.25) is 13.7 Å². The molecule has 6 aliphatic rings. The van der Waals surface area contributed by atoms with Crippen LogP contribution in [0.15, 0.2) is 36.5 Å². The summed E-state index contributed by atoms with van der Waals surface area (Å²) < 4.78 is 118. The van der Waals surface area contributed by atoms with Crippen LogP contribution in [0, 0.1) is 59.2 Å². The summed E-state index contributed by atoms with van der Waals surface area (Å²) in [6, 6.07) is 0. The molecule has 0 aromatic heterocycles. The number of hydrogen-bond acceptors (Lipinski definition) is 28. The van der Waals surface area contributed by atoms with Crippen LogP contribution in [-0.4, -0.2) is 296 Å². The molecule has 12 atom stereocenters. The number of methoxy groups -OCH3 is 6. The minimum absolute atomic E-state index is 0. The number of carbonyl (C=O) groups excluding carboxylic acids is 2. The molecule has 100 heavy (non-hydrogen) atoms. The second kappa shape index (κ2) is 77.9. The number of aliphatic hydroxyl groups excluding tert-OH is 6. The van der Waals surface area contributed by atoms with Crippen LogP contribution in [0.3, 0.4) is 0 Å². The van der Waals surface area contributed by atoms with Crippen LogP contribution < -0.4 is 63.4 Å². The van der Waals surface area contributed by atoms with E-state index in [-0.39, 0.29) is 91.5 Å². The molecule has 0 radical (unpaired) electrons. The quantitative estimate of drug-likeness (QED) is 0.0109. The molecule has 4 aliphatic carbocycles. The number of ether oxygens (including phenoxy) is 16. The van der Waals surface area contributed by atoms with Crippen LogP contribution in [0.5, 0.6) is 0 Å². The van der Waals surface area contributed by atoms with E-state index in [0.717, 1.165) is 90.7 Å². The van der Waals surface area contributed by atoms with Gasteiger partial charge in [0, 0.05) is 108 Å². The van der Waals surface area contributed by atoms with Gasteiger partial charge in [0.05, 0.1) is 158 Å². The normalized spacial score (nSPS) is 23.4. The smallest absolute Gasteiger partial charge is 0.396 e. The Bertz CT molecular complexity index is 1640. The zero-order valence-electron chi connectivity index (χ0n) is 61.7. The fourth-order valence-electron chi connectivity index (χ4n) is 10.7. The minimum Gasteiger partial charge on any atom is -0.396 e. The molecule has 0 aromatic carbocycles. The van der Waals surface area contributed by atoms with Gasteiger partial charge in [-0.25, -0.2) is 0 Å². The van der Waals surface area contributed by atoms with Crippen LogP contribution >= 0.6 is 0 Å². The van der Waals surface area contributed by atoms with Crippen molar-refractivity contribution in [3.05, 3.63) is 36.5 Å². The van der Waals surface area contributed by atoms with Crippen molar-refractivity contribution in [3.63, 3.8) is 0 Å². The second-order valence-corrected chi connectivity index (χ2v) is 26.4. The van der Waals surface area contributed by atoms with E-state index in [2.05, 4.69) is 36.5 Å². The molecule has 3 fully saturated rings. The molecule has 6 rings (SSSR count). The van der Waals surface area contributed by atoms with Gasteiger partial charge >= 0.3 is 29.6 Å². The molecule has 12 unspecified atom stereocenters. The van der Waals surface area contributed by atoms with E-state index in [0.29, 0.717) is 181 Å². The molecule has 1 saturated carbocycles. The van der Waals surface area contributed by atoms with Gasteiger partial charge in [0.1, 0.15) is 32.7 Å². The summed E-state index contributed by atoms with van der Waals surface area (Å²) in [7, 11) is 9.86. The Morgan fingerprint density at radius 2 is 0.610 bits per heavy atom. The molecule has 0 bridgehead atoms. The molecule has 2 heterocycles. The van der Waals surface area contributed by atoms with Crippen molar-refractivity contribution in [2.45, 2.75) is 102 Å². The summed E-state index contributed by atoms with van der Waals surface area (Å²) >= 11 is -5.94. The monoisotopic (exact) mass is 1570 g/mol. The number of aliphatic hydroxyl groups is 6. The van der Waals surface area contributed by atoms with E-state index >= 15 is 0 Å². The van der Waals surface area contributed by atoms with Crippen molar-refractivity contribution >= 4 is 12.6 Å². The number of carbonyl (C=O) groups is 2. The van der Waals surface area contributed by atoms with Gasteiger partial charge in [0.25, 0.3) is 0 Å². The third kappa shape index (κ3) is 64.4. The molecule has 0 amide bonds. The fourth-order valence-corrected chi connectivity index (χ4v) is 10.7. The Labute approximate surface area is 626 Å². The van der Waals surface area contributed by atoms with Crippen molar-refractivity contribution in [3.8, 4) is 0 Å². The van der Waals surface area contributed by atoms with E-state index in [1.807, 2.05) is 0 Å². The number of rotatable bonds is 45. The molecule has 588 valence electrons. The molecule has 28 nitrogen and oxygen atoms in total. The summed E-state index contributed by atoms with van der Waals surface area (Å²) in [4.78, 5) is 21.5. The summed E-state index contributed by atoms with van der Waals surface area (Å²) in [6.07, 6.45) is 26.3. The van der Waals surface area contributed by atoms with Crippen LogP contribution in [0.4, 0.5) is 0 Å². The second-order valence-electron chi connectivity index (χ2n) is 24.2. The van der Waals surface area contributed by atoms with Crippen LogP contribution in [0.2, 0.25) is 0 Å². The Hall–Kier alpha value is -0.750. The summed E-state index contributed by atoms with van der Waals surface area (Å²) in [6.45, 7) is 17.2. The number of halogens is 1. The Morgan fingerprint density at radius 3 is 0.820 bits per heavy atom. The van der Waals surface area contributed by atoms with Gasteiger partial charge < -0.3 is 116 Å². The number of allylic oxidation sites excluding steroid dienone is 6. The van der Waals surface area contributed by atoms with E-state index in [9.17, 15) is 19.8 Å². The predicted molar refractivity (Wildman–Crippen MR) is 359 cm³/mol. The zero-order chi connectivity index (χ0) is 73.5. The standard InChI is InChI=1S/C14H28O6.C14H26O6.C14H26O4.C12H22O4.C8H14O2.2C4H8O.IO4.Na/c1-17-3-5-19-9-11-7-13(15)14(16)8-12(11)10-20-6-4-18-2;1-17-7-9-19-11-13(3-5-15)14(4-6-16)12-20-10-8-18-2;1-15-7-9-17-11-13-5-3-4-6-14(13)12-18-10-8-16-2;13-5-7-15-9-11-3-1-2-4-12(11)10-16-8-6-14;9-5-7-3-1-2-4-8(7)6-10;2*1-2-4-5-3-1;2-1(3,4)5;/h11-16H,3-10H2,1-2H3;5-6,13-14H,3-4,7-12H2,1-2H3;3-4,13-14H,5-12H2,1-2H3;1-2,11-14H,3-10H2;1-2,7-10H,3-6H2;2*1-4H2;;/q;;;;;;;-1;+1. The van der Waals surface area contributed by atoms with Gasteiger partial charge in [-0.2, -0.15) is 0 Å². The maximum Gasteiger partial charge on any atom is 1.00 e. The maximum atomic E-state index is 10.8. The Morgan fingerprint density at radius 1 is 0.380 bits per heavy atom. The molecule has 6 N–H and O–H groups in total. The molecular weight excluding hydrogens is 1440 g/mol. The number of aldehydes is 2. The van der Waals surface area contributed by atoms with Crippen LogP contribution in [-0.2, 0) is 85.4 Å². The summed E-state index contributed by atoms with van der Waals surface area (Å²) in [5.41, 5.74) is 0. The third-order valence-electron chi connectivity index (χ3n) is 16.6. The van der Waals surface area contributed by atoms with Gasteiger partial charge in [-0.15, -0.1) is 0 Å². The first kappa shape index (κ1) is 103. The van der Waals surface area contributed by atoms with Crippen molar-refractivity contribution < 1.29 is 179 Å². The summed E-state index contributed by atoms with van der Waals surface area (Å²) in [5, 5.41) is 54.6. The molecule has 0 spiro atoms. The van der Waals surface area contributed by atoms with Crippen molar-refractivity contribution in [2.24, 2.45) is 59.2 Å². The first-order chi connectivity index (χ1) is 48.1. The molecule has 2 saturated heterocycles. The predicted octanol–water partition coefficient (Wildman–Crippen LogP) is -5.34. The Balaban J connectivity index is -0.00000112. The van der Waals surface area contributed by atoms with Gasteiger partial charge in [0.15, 0.2) is 0 Å². The van der Waals surface area contributed by atoms with Crippen LogP contribution in [0.1, 0.15) is 89.9 Å². The average molecular weight is 1570 g/mol. The maximum absolute atomic E-state index is 10.8. The minimum atomic E-state index is -5.94. The van der Waals surface area contributed by atoms with Gasteiger partial charge in [-0.05, 0) is 136 Å². The van der Waals surface area contributed by atoms with Gasteiger partial charge in [-0.1, -0.05) is 36.5 Å². The fraction of sp³-hybridized carbons (Fsp3) is 0.886. The SMILES string of the molecule is C1CCOC1.C1CCOC1.COCCOCC(CC=O)C(CC=O)COCCOC.COCCOCC1CC(O)C(O)CC1COCCOC.COCCOCC1CC=CCC1COCCOC.OCC1CC=CCC1CO.OCCOCC1CC=CCC1COCCO.[Na+].[O-][I+3]([O-])([O-])[O-]. The molecular formula is C70H132INaO28. The van der Waals surface area contributed by atoms with Gasteiger partial charge in [0.2, 0.25) is 0 Å². The van der Waals surface area contributed by atoms with Crippen molar-refractivity contribution in [2.75, 3.05) is 241 Å². The molecule has 2 aliphatic heterocycles. The zero-order valence-corrected chi connectivity index (χ0v) is 65.9. The topological polar surface area (TPSA) is 395 Å². The third-order valence-corrected chi connectivity index (χ3v) is 16.6. The van der Waals surface area contributed by atoms with E-state index < -0.39 is 32.3 Å². The average Bonchev–Trinajstić information content (AvgIpc) is 0.881. The van der Waals surface area contributed by atoms with E-state index in [1.54, 1.807) is 42.7 Å². The Kier molecular flexibility index (Phi) is 80.5. The van der Waals surface area contributed by atoms with E-state index in [4.69, 9.17) is 110 Å². The van der Waals surface area contributed by atoms with E-state index in [1.165, 1.54) is 25.7 Å². The number of hydrogen-bond donors (Lipinski definition) is 6. The molecule has 0 aromatic rings.